The van der Waals surface area contributed by atoms with E-state index in [1.165, 1.54) is 37.4 Å². The van der Waals surface area contributed by atoms with Crippen molar-refractivity contribution in [3.63, 3.8) is 0 Å². The highest BCUT2D eigenvalue weighted by molar-refractivity contribution is 7.99. The van der Waals surface area contributed by atoms with E-state index in [2.05, 4.69) is 39.0 Å². The summed E-state index contributed by atoms with van der Waals surface area (Å²) >= 11 is 2.07. The van der Waals surface area contributed by atoms with Gasteiger partial charge in [0.05, 0.1) is 12.6 Å². The van der Waals surface area contributed by atoms with Crippen LogP contribution in [-0.4, -0.2) is 66.0 Å². The van der Waals surface area contributed by atoms with Crippen LogP contribution in [0.2, 0.25) is 0 Å². The highest BCUT2D eigenvalue weighted by atomic mass is 32.2. The number of piperidine rings is 1. The minimum absolute atomic E-state index is 0.0714. The zero-order chi connectivity index (χ0) is 16.8. The third kappa shape index (κ3) is 4.98. The quantitative estimate of drug-likeness (QED) is 0.887. The molecular weight excluding hydrogens is 318 g/mol. The van der Waals surface area contributed by atoms with Crippen molar-refractivity contribution >= 4 is 17.7 Å². The normalized spacial score (nSPS) is 22.2. The first-order valence-electron chi connectivity index (χ1n) is 9.11. The van der Waals surface area contributed by atoms with Crippen molar-refractivity contribution in [3.05, 3.63) is 35.9 Å². The summed E-state index contributed by atoms with van der Waals surface area (Å²) in [6.07, 6.45) is 2.40. The molecule has 1 atom stereocenters. The van der Waals surface area contributed by atoms with Crippen molar-refractivity contribution in [3.8, 4) is 0 Å². The molecule has 4 nitrogen and oxygen atoms in total. The number of amides is 1. The monoisotopic (exact) mass is 347 g/mol. The van der Waals surface area contributed by atoms with E-state index in [0.717, 1.165) is 24.7 Å². The van der Waals surface area contributed by atoms with Gasteiger partial charge < -0.3 is 5.32 Å². The number of carbonyl (C=O) groups is 1. The highest BCUT2D eigenvalue weighted by Crippen LogP contribution is 2.20. The van der Waals surface area contributed by atoms with Gasteiger partial charge in [0.15, 0.2) is 0 Å². The molecule has 5 heteroatoms. The van der Waals surface area contributed by atoms with Gasteiger partial charge in [-0.15, -0.1) is 0 Å². The van der Waals surface area contributed by atoms with Gasteiger partial charge in [0.2, 0.25) is 5.91 Å². The lowest BCUT2D eigenvalue weighted by Gasteiger charge is -2.39. The molecule has 132 valence electrons. The Labute approximate surface area is 150 Å². The first kappa shape index (κ1) is 17.8. The Morgan fingerprint density at radius 1 is 1.17 bits per heavy atom. The lowest BCUT2D eigenvalue weighted by atomic mass is 10.0. The van der Waals surface area contributed by atoms with E-state index in [0.29, 0.717) is 6.54 Å². The Bertz CT molecular complexity index is 511. The average Bonchev–Trinajstić information content (AvgIpc) is 2.64. The molecule has 0 spiro atoms. The zero-order valence-corrected chi connectivity index (χ0v) is 15.4. The van der Waals surface area contributed by atoms with Gasteiger partial charge in [-0.1, -0.05) is 30.3 Å². The predicted molar refractivity (Wildman–Crippen MR) is 101 cm³/mol. The maximum absolute atomic E-state index is 12.3. The highest BCUT2D eigenvalue weighted by Gasteiger charge is 2.26. The third-order valence-electron chi connectivity index (χ3n) is 5.16. The van der Waals surface area contributed by atoms with Crippen molar-refractivity contribution in [1.29, 1.82) is 0 Å². The summed E-state index contributed by atoms with van der Waals surface area (Å²) < 4.78 is 0. The maximum Gasteiger partial charge on any atom is 0.234 e. The molecule has 2 fully saturated rings. The Morgan fingerprint density at radius 3 is 2.50 bits per heavy atom. The molecule has 2 heterocycles. The summed E-state index contributed by atoms with van der Waals surface area (Å²) in [4.78, 5) is 17.3. The van der Waals surface area contributed by atoms with Gasteiger partial charge in [0.1, 0.15) is 0 Å². The molecule has 1 N–H and O–H groups in total. The van der Waals surface area contributed by atoms with Gasteiger partial charge in [0, 0.05) is 43.7 Å². The number of benzene rings is 1. The van der Waals surface area contributed by atoms with E-state index in [9.17, 15) is 4.79 Å². The minimum Gasteiger partial charge on any atom is -0.348 e. The minimum atomic E-state index is 0.0714. The summed E-state index contributed by atoms with van der Waals surface area (Å²) in [5.74, 6) is 2.69. The molecule has 1 aromatic rings. The van der Waals surface area contributed by atoms with Crippen LogP contribution in [0, 0.1) is 0 Å². The molecule has 0 aromatic heterocycles. The standard InChI is InChI=1S/C19H29N3OS/c1-16(17-5-3-2-4-6-17)20-19(23)15-21-9-7-18(8-10-21)22-11-13-24-14-12-22/h2-6,16,18H,7-15H2,1H3,(H,20,23). The molecule has 2 aliphatic heterocycles. The predicted octanol–water partition coefficient (Wildman–Crippen LogP) is 2.38. The van der Waals surface area contributed by atoms with Crippen molar-refractivity contribution in [2.24, 2.45) is 0 Å². The fraction of sp³-hybridized carbons (Fsp3) is 0.632. The largest absolute Gasteiger partial charge is 0.348 e. The van der Waals surface area contributed by atoms with E-state index in [1.54, 1.807) is 0 Å². The molecule has 3 rings (SSSR count). The van der Waals surface area contributed by atoms with E-state index < -0.39 is 0 Å². The summed E-state index contributed by atoms with van der Waals surface area (Å²) in [5.41, 5.74) is 1.16. The second-order valence-electron chi connectivity index (χ2n) is 6.86. The molecule has 0 saturated carbocycles. The Balaban J connectivity index is 1.40. The molecule has 1 unspecified atom stereocenters. The second-order valence-corrected chi connectivity index (χ2v) is 8.08. The summed E-state index contributed by atoms with van der Waals surface area (Å²) in [7, 11) is 0. The lowest BCUT2D eigenvalue weighted by molar-refractivity contribution is -0.123. The molecular formula is C19H29N3OS. The number of rotatable bonds is 5. The van der Waals surface area contributed by atoms with E-state index in [1.807, 2.05) is 25.1 Å². The number of hydrogen-bond donors (Lipinski definition) is 1. The SMILES string of the molecule is CC(NC(=O)CN1CCC(N2CCSCC2)CC1)c1ccccc1. The number of thioether (sulfide) groups is 1. The third-order valence-corrected chi connectivity index (χ3v) is 6.11. The van der Waals surface area contributed by atoms with Crippen LogP contribution in [0.25, 0.3) is 0 Å². The molecule has 24 heavy (non-hydrogen) atoms. The van der Waals surface area contributed by atoms with Crippen LogP contribution in [0.3, 0.4) is 0 Å². The van der Waals surface area contributed by atoms with Crippen LogP contribution in [0.1, 0.15) is 31.4 Å². The smallest absolute Gasteiger partial charge is 0.234 e. The zero-order valence-electron chi connectivity index (χ0n) is 14.6. The number of nitrogens with zero attached hydrogens (tertiary/aromatic N) is 2. The van der Waals surface area contributed by atoms with Crippen molar-refractivity contribution in [1.82, 2.24) is 15.1 Å². The van der Waals surface area contributed by atoms with Crippen LogP contribution in [-0.2, 0) is 4.79 Å². The number of nitrogens with one attached hydrogen (secondary N) is 1. The molecule has 0 aliphatic carbocycles. The van der Waals surface area contributed by atoms with Crippen molar-refractivity contribution < 1.29 is 4.79 Å². The number of carbonyl (C=O) groups excluding carboxylic acids is 1. The first-order chi connectivity index (χ1) is 11.7. The van der Waals surface area contributed by atoms with Gasteiger partial charge in [-0.05, 0) is 25.3 Å². The van der Waals surface area contributed by atoms with Crippen LogP contribution < -0.4 is 5.32 Å². The van der Waals surface area contributed by atoms with Crippen LogP contribution in [0.5, 0.6) is 0 Å². The summed E-state index contributed by atoms with van der Waals surface area (Å²) in [5, 5.41) is 3.12. The van der Waals surface area contributed by atoms with Gasteiger partial charge >= 0.3 is 0 Å². The molecule has 1 aromatic carbocycles. The molecule has 1 amide bonds. The maximum atomic E-state index is 12.3. The lowest BCUT2D eigenvalue weighted by Crippen LogP contribution is -2.49. The summed E-state index contributed by atoms with van der Waals surface area (Å²) in [6.45, 7) is 7.14. The van der Waals surface area contributed by atoms with Gasteiger partial charge in [-0.2, -0.15) is 11.8 Å². The van der Waals surface area contributed by atoms with Crippen molar-refractivity contribution in [2.75, 3.05) is 44.2 Å². The van der Waals surface area contributed by atoms with Gasteiger partial charge in [-0.3, -0.25) is 14.6 Å². The topological polar surface area (TPSA) is 35.6 Å². The van der Waals surface area contributed by atoms with Gasteiger partial charge in [0.25, 0.3) is 0 Å². The molecule has 2 saturated heterocycles. The Morgan fingerprint density at radius 2 is 1.83 bits per heavy atom. The Kier molecular flexibility index (Phi) is 6.58. The van der Waals surface area contributed by atoms with Crippen LogP contribution in [0.4, 0.5) is 0 Å². The molecule has 0 bridgehead atoms. The Hall–Kier alpha value is -1.04. The van der Waals surface area contributed by atoms with Crippen LogP contribution in [0.15, 0.2) is 30.3 Å². The molecule has 2 aliphatic rings. The van der Waals surface area contributed by atoms with Gasteiger partial charge in [-0.25, -0.2) is 0 Å². The van der Waals surface area contributed by atoms with Crippen molar-refractivity contribution in [2.45, 2.75) is 31.8 Å². The summed E-state index contributed by atoms with van der Waals surface area (Å²) in [6, 6.07) is 11.0. The number of hydrogen-bond acceptors (Lipinski definition) is 4. The first-order valence-corrected chi connectivity index (χ1v) is 10.3. The second kappa shape index (κ2) is 8.88. The van der Waals surface area contributed by atoms with E-state index in [4.69, 9.17) is 0 Å². The van der Waals surface area contributed by atoms with Crippen LogP contribution >= 0.6 is 11.8 Å². The average molecular weight is 348 g/mol. The fourth-order valence-corrected chi connectivity index (χ4v) is 4.63. The van der Waals surface area contributed by atoms with E-state index in [-0.39, 0.29) is 11.9 Å². The fourth-order valence-electron chi connectivity index (χ4n) is 3.70. The molecule has 0 radical (unpaired) electrons. The number of likely N-dealkylation sites (tertiary alicyclic amines) is 1. The van der Waals surface area contributed by atoms with E-state index >= 15 is 0 Å².